The summed E-state index contributed by atoms with van der Waals surface area (Å²) in [5, 5.41) is 9.84. The van der Waals surface area contributed by atoms with Gasteiger partial charge in [0.2, 0.25) is 5.91 Å². The van der Waals surface area contributed by atoms with Crippen LogP contribution in [0.2, 0.25) is 0 Å². The van der Waals surface area contributed by atoms with E-state index >= 15 is 0 Å². The average Bonchev–Trinajstić information content (AvgIpc) is 2.91. The van der Waals surface area contributed by atoms with Crippen LogP contribution >= 0.6 is 24.8 Å². The maximum absolute atomic E-state index is 11.5. The van der Waals surface area contributed by atoms with Crippen LogP contribution in [0.5, 0.6) is 0 Å². The predicted molar refractivity (Wildman–Crippen MR) is 87.2 cm³/mol. The highest BCUT2D eigenvalue weighted by Gasteiger charge is 2.02. The molecule has 2 aromatic rings. The van der Waals surface area contributed by atoms with Crippen LogP contribution < -0.4 is 10.6 Å². The number of nitrogens with one attached hydrogen (secondary N) is 2. The van der Waals surface area contributed by atoms with Crippen LogP contribution in [0.15, 0.2) is 36.9 Å². The molecule has 0 bridgehead atoms. The molecule has 2 rings (SSSR count). The second-order valence-electron chi connectivity index (χ2n) is 4.19. The van der Waals surface area contributed by atoms with Gasteiger partial charge in [0.05, 0.1) is 6.54 Å². The number of carbonyl (C=O) groups excluding carboxylic acids is 1. The van der Waals surface area contributed by atoms with Crippen LogP contribution in [-0.4, -0.2) is 34.3 Å². The highest BCUT2D eigenvalue weighted by atomic mass is 35.5. The zero-order valence-corrected chi connectivity index (χ0v) is 13.3. The lowest BCUT2D eigenvalue weighted by molar-refractivity contribution is -0.116. The minimum Gasteiger partial charge on any atom is -0.326 e. The van der Waals surface area contributed by atoms with Gasteiger partial charge in [-0.05, 0) is 24.7 Å². The van der Waals surface area contributed by atoms with Crippen LogP contribution in [0, 0.1) is 0 Å². The lowest BCUT2D eigenvalue weighted by atomic mass is 10.2. The Morgan fingerprint density at radius 1 is 1.24 bits per heavy atom. The highest BCUT2D eigenvalue weighted by Crippen LogP contribution is 2.10. The van der Waals surface area contributed by atoms with Gasteiger partial charge in [-0.2, -0.15) is 5.10 Å². The van der Waals surface area contributed by atoms with Gasteiger partial charge < -0.3 is 10.6 Å². The van der Waals surface area contributed by atoms with Crippen LogP contribution in [-0.2, 0) is 11.3 Å². The molecule has 1 aromatic carbocycles. The molecule has 1 heterocycles. The van der Waals surface area contributed by atoms with Crippen LogP contribution in [0.3, 0.4) is 0 Å². The molecule has 21 heavy (non-hydrogen) atoms. The normalized spacial score (nSPS) is 9.38. The van der Waals surface area contributed by atoms with Gasteiger partial charge in [0, 0.05) is 18.7 Å². The number of rotatable bonds is 6. The monoisotopic (exact) mass is 331 g/mol. The quantitative estimate of drug-likeness (QED) is 0.845. The molecule has 0 spiro atoms. The zero-order valence-electron chi connectivity index (χ0n) is 11.7. The first kappa shape index (κ1) is 19.4. The third-order valence-corrected chi connectivity index (χ3v) is 2.65. The van der Waals surface area contributed by atoms with E-state index in [9.17, 15) is 4.79 Å². The summed E-state index contributed by atoms with van der Waals surface area (Å²) in [7, 11) is 1.83. The number of hydrogen-bond donors (Lipinski definition) is 2. The van der Waals surface area contributed by atoms with E-state index in [1.165, 1.54) is 6.33 Å². The molecular formula is C13H19Cl2N5O. The summed E-state index contributed by atoms with van der Waals surface area (Å²) in [6.07, 6.45) is 3.65. The second kappa shape index (κ2) is 10.1. The molecule has 8 heteroatoms. The lowest BCUT2D eigenvalue weighted by Crippen LogP contribution is -2.18. The maximum atomic E-state index is 11.5. The first-order chi connectivity index (χ1) is 9.28. The number of amides is 1. The van der Waals surface area contributed by atoms with Crippen LogP contribution in [0.25, 0.3) is 0 Å². The van der Waals surface area contributed by atoms with E-state index in [-0.39, 0.29) is 30.7 Å². The van der Waals surface area contributed by atoms with Gasteiger partial charge >= 0.3 is 0 Å². The minimum atomic E-state index is 0. The molecule has 0 saturated carbocycles. The van der Waals surface area contributed by atoms with Crippen molar-refractivity contribution in [2.24, 2.45) is 0 Å². The van der Waals surface area contributed by atoms with Gasteiger partial charge in [-0.1, -0.05) is 12.1 Å². The molecule has 0 aliphatic carbocycles. The van der Waals surface area contributed by atoms with Crippen molar-refractivity contribution in [3.05, 3.63) is 42.5 Å². The molecule has 0 saturated heterocycles. The number of halogens is 2. The van der Waals surface area contributed by atoms with E-state index in [0.29, 0.717) is 19.5 Å². The molecule has 0 atom stereocenters. The standard InChI is InChI=1S/C13H17N5O.2ClH/c1-14-7-6-13(19)17-12-4-2-11(3-5-12)8-18-10-15-9-16-18;;/h2-5,9-10,14H,6-8H2,1H3,(H,17,19);2*1H. The molecule has 0 unspecified atom stereocenters. The number of hydrogen-bond acceptors (Lipinski definition) is 4. The largest absolute Gasteiger partial charge is 0.326 e. The van der Waals surface area contributed by atoms with Gasteiger partial charge in [0.15, 0.2) is 0 Å². The molecule has 0 radical (unpaired) electrons. The number of anilines is 1. The first-order valence-corrected chi connectivity index (χ1v) is 6.14. The Morgan fingerprint density at radius 2 is 1.95 bits per heavy atom. The third kappa shape index (κ3) is 6.57. The summed E-state index contributed by atoms with van der Waals surface area (Å²) in [6, 6.07) is 7.72. The van der Waals surface area contributed by atoms with E-state index in [4.69, 9.17) is 0 Å². The maximum Gasteiger partial charge on any atom is 0.225 e. The Morgan fingerprint density at radius 3 is 2.52 bits per heavy atom. The first-order valence-electron chi connectivity index (χ1n) is 6.14. The lowest BCUT2D eigenvalue weighted by Gasteiger charge is -2.06. The van der Waals surface area contributed by atoms with Crippen molar-refractivity contribution in [3.63, 3.8) is 0 Å². The molecule has 1 aromatic heterocycles. The zero-order chi connectivity index (χ0) is 13.5. The van der Waals surface area contributed by atoms with Crippen LogP contribution in [0.4, 0.5) is 5.69 Å². The van der Waals surface area contributed by atoms with Crippen molar-refractivity contribution in [2.45, 2.75) is 13.0 Å². The van der Waals surface area contributed by atoms with Crippen molar-refractivity contribution in [1.82, 2.24) is 20.1 Å². The Labute approximate surface area is 136 Å². The highest BCUT2D eigenvalue weighted by molar-refractivity contribution is 5.90. The van der Waals surface area contributed by atoms with E-state index in [1.807, 2.05) is 31.3 Å². The molecular weight excluding hydrogens is 313 g/mol. The summed E-state index contributed by atoms with van der Waals surface area (Å²) in [6.45, 7) is 1.35. The molecule has 6 nitrogen and oxygen atoms in total. The van der Waals surface area contributed by atoms with E-state index in [1.54, 1.807) is 11.0 Å². The van der Waals surface area contributed by atoms with E-state index in [0.717, 1.165) is 11.3 Å². The van der Waals surface area contributed by atoms with Crippen molar-refractivity contribution in [3.8, 4) is 0 Å². The molecule has 0 fully saturated rings. The van der Waals surface area contributed by atoms with Gasteiger partial charge in [0.1, 0.15) is 12.7 Å². The second-order valence-corrected chi connectivity index (χ2v) is 4.19. The summed E-state index contributed by atoms with van der Waals surface area (Å²) < 4.78 is 1.75. The molecule has 1 amide bonds. The summed E-state index contributed by atoms with van der Waals surface area (Å²) >= 11 is 0. The number of aromatic nitrogens is 3. The molecule has 116 valence electrons. The Balaban J connectivity index is 0.00000200. The number of carbonyl (C=O) groups is 1. The topological polar surface area (TPSA) is 71.8 Å². The van der Waals surface area contributed by atoms with Crippen molar-refractivity contribution < 1.29 is 4.79 Å². The minimum absolute atomic E-state index is 0. The summed E-state index contributed by atoms with van der Waals surface area (Å²) in [4.78, 5) is 15.4. The van der Waals surface area contributed by atoms with Gasteiger partial charge in [-0.25, -0.2) is 9.67 Å². The van der Waals surface area contributed by atoms with Crippen LogP contribution in [0.1, 0.15) is 12.0 Å². The Bertz CT molecular complexity index is 516. The molecule has 0 aliphatic heterocycles. The Kier molecular flexibility index (Phi) is 9.36. The summed E-state index contributed by atoms with van der Waals surface area (Å²) in [5.74, 6) is 0.0124. The van der Waals surface area contributed by atoms with Gasteiger partial charge in [-0.3, -0.25) is 4.79 Å². The Hall–Kier alpha value is -1.63. The molecule has 2 N–H and O–H groups in total. The van der Waals surface area contributed by atoms with Crippen molar-refractivity contribution in [1.29, 1.82) is 0 Å². The smallest absolute Gasteiger partial charge is 0.225 e. The fourth-order valence-corrected chi connectivity index (χ4v) is 1.66. The number of nitrogens with zero attached hydrogens (tertiary/aromatic N) is 3. The fraction of sp³-hybridized carbons (Fsp3) is 0.308. The average molecular weight is 332 g/mol. The SMILES string of the molecule is CNCCC(=O)Nc1ccc(Cn2cncn2)cc1.Cl.Cl. The van der Waals surface area contributed by atoms with Gasteiger partial charge in [-0.15, -0.1) is 24.8 Å². The fourth-order valence-electron chi connectivity index (χ4n) is 1.66. The predicted octanol–water partition coefficient (Wildman–Crippen LogP) is 1.72. The van der Waals surface area contributed by atoms with E-state index < -0.39 is 0 Å². The van der Waals surface area contributed by atoms with E-state index in [2.05, 4.69) is 20.7 Å². The van der Waals surface area contributed by atoms with Crippen molar-refractivity contribution >= 4 is 36.4 Å². The summed E-state index contributed by atoms with van der Waals surface area (Å²) in [5.41, 5.74) is 1.92. The third-order valence-electron chi connectivity index (χ3n) is 2.65. The number of benzene rings is 1. The molecule has 0 aliphatic rings. The van der Waals surface area contributed by atoms with Crippen molar-refractivity contribution in [2.75, 3.05) is 18.9 Å². The van der Waals surface area contributed by atoms with Gasteiger partial charge in [0.25, 0.3) is 0 Å².